The van der Waals surface area contributed by atoms with Crippen LogP contribution in [0, 0.1) is 13.8 Å². The lowest BCUT2D eigenvalue weighted by molar-refractivity contribution is -0.139. The van der Waals surface area contributed by atoms with Crippen LogP contribution >= 0.6 is 0 Å². The standard InChI is InChI=1S/C14H20N4O2/c1-4-5-12(13(19)20)15-7-11-8-18-10(3)6-9(2)16-14(18)17-11/h6,8,12,15H,4-5,7H2,1-3H3,(H,19,20). The van der Waals surface area contributed by atoms with Gasteiger partial charge in [-0.25, -0.2) is 9.97 Å². The predicted octanol–water partition coefficient (Wildman–Crippen LogP) is 1.69. The van der Waals surface area contributed by atoms with Crippen molar-refractivity contribution in [2.45, 2.75) is 46.2 Å². The van der Waals surface area contributed by atoms with Crippen molar-refractivity contribution in [1.29, 1.82) is 0 Å². The Bertz CT molecular complexity index is 621. The number of rotatable bonds is 6. The Labute approximate surface area is 117 Å². The van der Waals surface area contributed by atoms with Gasteiger partial charge in [0.1, 0.15) is 6.04 Å². The average molecular weight is 276 g/mol. The van der Waals surface area contributed by atoms with Crippen LogP contribution in [-0.2, 0) is 11.3 Å². The SMILES string of the molecule is CCCC(NCc1cn2c(C)cc(C)nc2n1)C(=O)O. The van der Waals surface area contributed by atoms with Crippen molar-refractivity contribution in [1.82, 2.24) is 19.7 Å². The molecular formula is C14H20N4O2. The Kier molecular flexibility index (Phi) is 4.34. The Balaban J connectivity index is 2.14. The number of carboxylic acid groups (broad SMARTS) is 1. The highest BCUT2D eigenvalue weighted by Gasteiger charge is 2.16. The third kappa shape index (κ3) is 3.14. The molecule has 2 aromatic rings. The van der Waals surface area contributed by atoms with Gasteiger partial charge in [-0.15, -0.1) is 0 Å². The topological polar surface area (TPSA) is 79.5 Å². The number of carboxylic acids is 1. The van der Waals surface area contributed by atoms with Crippen LogP contribution in [-0.4, -0.2) is 31.5 Å². The number of imidazole rings is 1. The summed E-state index contributed by atoms with van der Waals surface area (Å²) in [6, 6.07) is 1.46. The fourth-order valence-electron chi connectivity index (χ4n) is 2.23. The molecule has 20 heavy (non-hydrogen) atoms. The van der Waals surface area contributed by atoms with Crippen LogP contribution in [0.3, 0.4) is 0 Å². The number of nitrogens with zero attached hydrogens (tertiary/aromatic N) is 3. The van der Waals surface area contributed by atoms with Crippen molar-refractivity contribution in [3.05, 3.63) is 29.3 Å². The zero-order chi connectivity index (χ0) is 14.7. The number of carbonyl (C=O) groups is 1. The van der Waals surface area contributed by atoms with Crippen molar-refractivity contribution >= 4 is 11.7 Å². The molecule has 0 amide bonds. The highest BCUT2D eigenvalue weighted by Crippen LogP contribution is 2.09. The molecule has 2 heterocycles. The van der Waals surface area contributed by atoms with Gasteiger partial charge in [0.2, 0.25) is 5.78 Å². The van der Waals surface area contributed by atoms with E-state index < -0.39 is 12.0 Å². The van der Waals surface area contributed by atoms with E-state index in [2.05, 4.69) is 15.3 Å². The number of aliphatic carboxylic acids is 1. The van der Waals surface area contributed by atoms with E-state index in [1.807, 2.05) is 37.4 Å². The summed E-state index contributed by atoms with van der Waals surface area (Å²) >= 11 is 0. The van der Waals surface area contributed by atoms with Crippen molar-refractivity contribution < 1.29 is 9.90 Å². The minimum atomic E-state index is -0.819. The fourth-order valence-corrected chi connectivity index (χ4v) is 2.23. The average Bonchev–Trinajstić information content (AvgIpc) is 2.77. The zero-order valence-electron chi connectivity index (χ0n) is 12.1. The van der Waals surface area contributed by atoms with Gasteiger partial charge in [0.05, 0.1) is 5.69 Å². The van der Waals surface area contributed by atoms with Crippen molar-refractivity contribution in [2.24, 2.45) is 0 Å². The summed E-state index contributed by atoms with van der Waals surface area (Å²) in [5.41, 5.74) is 2.79. The molecule has 0 fully saturated rings. The summed E-state index contributed by atoms with van der Waals surface area (Å²) in [6.45, 7) is 6.33. The van der Waals surface area contributed by atoms with Crippen LogP contribution in [0.1, 0.15) is 36.8 Å². The van der Waals surface area contributed by atoms with E-state index >= 15 is 0 Å². The molecule has 0 aliphatic rings. The van der Waals surface area contributed by atoms with Crippen molar-refractivity contribution in [3.8, 4) is 0 Å². The third-order valence-electron chi connectivity index (χ3n) is 3.22. The molecule has 1 atom stereocenters. The maximum atomic E-state index is 11.1. The van der Waals surface area contributed by atoms with E-state index in [9.17, 15) is 4.79 Å². The van der Waals surface area contributed by atoms with Gasteiger partial charge in [-0.2, -0.15) is 0 Å². The second-order valence-corrected chi connectivity index (χ2v) is 5.00. The van der Waals surface area contributed by atoms with Gasteiger partial charge in [-0.05, 0) is 26.3 Å². The molecule has 6 nitrogen and oxygen atoms in total. The molecule has 6 heteroatoms. The van der Waals surface area contributed by atoms with Crippen molar-refractivity contribution in [2.75, 3.05) is 0 Å². The summed E-state index contributed by atoms with van der Waals surface area (Å²) in [7, 11) is 0. The summed E-state index contributed by atoms with van der Waals surface area (Å²) in [6.07, 6.45) is 3.34. The molecule has 108 valence electrons. The normalized spacial score (nSPS) is 12.8. The molecule has 0 aromatic carbocycles. The molecular weight excluding hydrogens is 256 g/mol. The van der Waals surface area contributed by atoms with Gasteiger partial charge >= 0.3 is 5.97 Å². The van der Waals surface area contributed by atoms with Gasteiger partial charge in [-0.1, -0.05) is 13.3 Å². The monoisotopic (exact) mass is 276 g/mol. The number of aromatic nitrogens is 3. The van der Waals surface area contributed by atoms with Crippen LogP contribution in [0.2, 0.25) is 0 Å². The summed E-state index contributed by atoms with van der Waals surface area (Å²) in [5.74, 6) is -0.164. The Morgan fingerprint density at radius 2 is 2.20 bits per heavy atom. The lowest BCUT2D eigenvalue weighted by Gasteiger charge is -2.11. The molecule has 0 spiro atoms. The Hall–Kier alpha value is -1.95. The minimum Gasteiger partial charge on any atom is -0.480 e. The molecule has 0 bridgehead atoms. The van der Waals surface area contributed by atoms with Gasteiger partial charge in [0, 0.05) is 24.1 Å². The molecule has 0 radical (unpaired) electrons. The number of nitrogens with one attached hydrogen (secondary N) is 1. The Morgan fingerprint density at radius 1 is 1.45 bits per heavy atom. The Morgan fingerprint density at radius 3 is 2.85 bits per heavy atom. The molecule has 2 rings (SSSR count). The summed E-state index contributed by atoms with van der Waals surface area (Å²) in [5, 5.41) is 12.1. The van der Waals surface area contributed by atoms with Gasteiger partial charge in [-0.3, -0.25) is 14.5 Å². The van der Waals surface area contributed by atoms with Gasteiger partial charge in [0.25, 0.3) is 0 Å². The van der Waals surface area contributed by atoms with Crippen LogP contribution in [0.5, 0.6) is 0 Å². The second kappa shape index (κ2) is 6.00. The summed E-state index contributed by atoms with van der Waals surface area (Å²) in [4.78, 5) is 19.9. The van der Waals surface area contributed by atoms with E-state index in [4.69, 9.17) is 5.11 Å². The number of hydrogen-bond acceptors (Lipinski definition) is 4. The number of aryl methyl sites for hydroxylation is 2. The van der Waals surface area contributed by atoms with E-state index in [-0.39, 0.29) is 0 Å². The van der Waals surface area contributed by atoms with E-state index in [0.717, 1.165) is 23.5 Å². The molecule has 2 N–H and O–H groups in total. The zero-order valence-corrected chi connectivity index (χ0v) is 12.1. The molecule has 2 aromatic heterocycles. The second-order valence-electron chi connectivity index (χ2n) is 5.00. The first-order chi connectivity index (χ1) is 9.51. The smallest absolute Gasteiger partial charge is 0.320 e. The van der Waals surface area contributed by atoms with E-state index in [1.165, 1.54) is 0 Å². The third-order valence-corrected chi connectivity index (χ3v) is 3.22. The van der Waals surface area contributed by atoms with Gasteiger partial charge in [0.15, 0.2) is 0 Å². The van der Waals surface area contributed by atoms with E-state index in [0.29, 0.717) is 18.7 Å². The van der Waals surface area contributed by atoms with Crippen LogP contribution in [0.15, 0.2) is 12.3 Å². The summed E-state index contributed by atoms with van der Waals surface area (Å²) < 4.78 is 1.92. The van der Waals surface area contributed by atoms with E-state index in [1.54, 1.807) is 0 Å². The predicted molar refractivity (Wildman–Crippen MR) is 75.6 cm³/mol. The van der Waals surface area contributed by atoms with Crippen LogP contribution in [0.25, 0.3) is 5.78 Å². The molecule has 0 saturated carbocycles. The van der Waals surface area contributed by atoms with Crippen LogP contribution in [0.4, 0.5) is 0 Å². The van der Waals surface area contributed by atoms with Gasteiger partial charge < -0.3 is 5.11 Å². The molecule has 0 aliphatic heterocycles. The fraction of sp³-hybridized carbons (Fsp3) is 0.500. The molecule has 1 unspecified atom stereocenters. The lowest BCUT2D eigenvalue weighted by atomic mass is 10.1. The minimum absolute atomic E-state index is 0.429. The van der Waals surface area contributed by atoms with Crippen molar-refractivity contribution in [3.63, 3.8) is 0 Å². The number of hydrogen-bond donors (Lipinski definition) is 2. The first-order valence-corrected chi connectivity index (χ1v) is 6.79. The lowest BCUT2D eigenvalue weighted by Crippen LogP contribution is -2.36. The number of fused-ring (bicyclic) bond motifs is 1. The highest BCUT2D eigenvalue weighted by molar-refractivity contribution is 5.73. The maximum Gasteiger partial charge on any atom is 0.320 e. The largest absolute Gasteiger partial charge is 0.480 e. The van der Waals surface area contributed by atoms with Crippen LogP contribution < -0.4 is 5.32 Å². The first kappa shape index (κ1) is 14.5. The molecule has 0 saturated heterocycles. The maximum absolute atomic E-state index is 11.1. The quantitative estimate of drug-likeness (QED) is 0.839. The first-order valence-electron chi connectivity index (χ1n) is 6.79. The molecule has 0 aliphatic carbocycles. The highest BCUT2D eigenvalue weighted by atomic mass is 16.4.